The molecule has 1 N–H and O–H groups in total. The highest BCUT2D eigenvalue weighted by molar-refractivity contribution is 5.69. The van der Waals surface area contributed by atoms with Gasteiger partial charge in [0.1, 0.15) is 11.4 Å². The second-order valence-electron chi connectivity index (χ2n) is 6.70. The van der Waals surface area contributed by atoms with Crippen molar-refractivity contribution in [3.05, 3.63) is 24.2 Å². The third-order valence-electron chi connectivity index (χ3n) is 3.94. The van der Waals surface area contributed by atoms with Crippen molar-refractivity contribution in [3.63, 3.8) is 0 Å². The first-order chi connectivity index (χ1) is 9.44. The summed E-state index contributed by atoms with van der Waals surface area (Å²) < 4.78 is 10.7. The Morgan fingerprint density at radius 2 is 2.15 bits per heavy atom. The highest BCUT2D eigenvalue weighted by atomic mass is 16.6. The fourth-order valence-electron chi connectivity index (χ4n) is 2.94. The Morgan fingerprint density at radius 3 is 2.70 bits per heavy atom. The standard InChI is InChI=1S/C15H22N2O3/c1-15(2,3)20-14(18)17-8-11-12(9-17)13(11)16-7-10-5-4-6-19-10/h4-6,11-13,16H,7-9H2,1-3H3. The average Bonchev–Trinajstić information content (AvgIpc) is 2.78. The van der Waals surface area contributed by atoms with E-state index in [2.05, 4.69) is 5.32 Å². The Labute approximate surface area is 119 Å². The number of nitrogens with one attached hydrogen (secondary N) is 1. The first-order valence-electron chi connectivity index (χ1n) is 7.18. The summed E-state index contributed by atoms with van der Waals surface area (Å²) in [6, 6.07) is 4.38. The van der Waals surface area contributed by atoms with E-state index >= 15 is 0 Å². The molecule has 0 radical (unpaired) electrons. The van der Waals surface area contributed by atoms with Crippen molar-refractivity contribution in [1.29, 1.82) is 0 Å². The fraction of sp³-hybridized carbons (Fsp3) is 0.667. The summed E-state index contributed by atoms with van der Waals surface area (Å²) in [7, 11) is 0. The van der Waals surface area contributed by atoms with E-state index in [4.69, 9.17) is 9.15 Å². The lowest BCUT2D eigenvalue weighted by atomic mass is 10.2. The molecule has 20 heavy (non-hydrogen) atoms. The molecule has 2 atom stereocenters. The van der Waals surface area contributed by atoms with Gasteiger partial charge in [0.25, 0.3) is 0 Å². The van der Waals surface area contributed by atoms with E-state index in [-0.39, 0.29) is 6.09 Å². The summed E-state index contributed by atoms with van der Waals surface area (Å²) in [5.74, 6) is 2.09. The number of carbonyl (C=O) groups is 1. The number of hydrogen-bond acceptors (Lipinski definition) is 4. The lowest BCUT2D eigenvalue weighted by Crippen LogP contribution is -2.39. The van der Waals surface area contributed by atoms with Gasteiger partial charge in [0, 0.05) is 19.1 Å². The summed E-state index contributed by atoms with van der Waals surface area (Å²) in [5.41, 5.74) is -0.416. The molecule has 2 fully saturated rings. The number of piperidine rings is 1. The summed E-state index contributed by atoms with van der Waals surface area (Å²) >= 11 is 0. The Hall–Kier alpha value is -1.49. The summed E-state index contributed by atoms with van der Waals surface area (Å²) in [4.78, 5) is 13.8. The molecule has 1 amide bonds. The normalized spacial score (nSPS) is 28.4. The van der Waals surface area contributed by atoms with Crippen LogP contribution in [0.4, 0.5) is 4.79 Å². The number of ether oxygens (including phenoxy) is 1. The molecular weight excluding hydrogens is 256 g/mol. The zero-order chi connectivity index (χ0) is 14.3. The van der Waals surface area contributed by atoms with Crippen LogP contribution in [0.1, 0.15) is 26.5 Å². The van der Waals surface area contributed by atoms with E-state index in [0.717, 1.165) is 25.4 Å². The molecule has 1 aromatic heterocycles. The monoisotopic (exact) mass is 278 g/mol. The lowest BCUT2D eigenvalue weighted by molar-refractivity contribution is 0.0269. The molecule has 1 aromatic rings. The number of nitrogens with zero attached hydrogens (tertiary/aromatic N) is 1. The zero-order valence-electron chi connectivity index (χ0n) is 12.3. The summed E-state index contributed by atoms with van der Waals surface area (Å²) in [6.07, 6.45) is 1.50. The largest absolute Gasteiger partial charge is 0.468 e. The van der Waals surface area contributed by atoms with Gasteiger partial charge in [0.2, 0.25) is 0 Å². The van der Waals surface area contributed by atoms with E-state index in [1.165, 1.54) is 0 Å². The van der Waals surface area contributed by atoms with Crippen LogP contribution in [0.15, 0.2) is 22.8 Å². The molecule has 0 spiro atoms. The van der Waals surface area contributed by atoms with Crippen molar-refractivity contribution in [1.82, 2.24) is 10.2 Å². The van der Waals surface area contributed by atoms with E-state index in [0.29, 0.717) is 17.9 Å². The summed E-state index contributed by atoms with van der Waals surface area (Å²) in [6.45, 7) is 8.06. The minimum absolute atomic E-state index is 0.186. The number of furan rings is 1. The third-order valence-corrected chi connectivity index (χ3v) is 3.94. The smallest absolute Gasteiger partial charge is 0.410 e. The summed E-state index contributed by atoms with van der Waals surface area (Å²) in [5, 5.41) is 3.50. The highest BCUT2D eigenvalue weighted by Gasteiger charge is 2.56. The first kappa shape index (κ1) is 13.5. The van der Waals surface area contributed by atoms with Crippen molar-refractivity contribution < 1.29 is 13.9 Å². The number of likely N-dealkylation sites (tertiary alicyclic amines) is 1. The topological polar surface area (TPSA) is 54.7 Å². The van der Waals surface area contributed by atoms with Gasteiger partial charge in [-0.2, -0.15) is 0 Å². The Balaban J connectivity index is 1.43. The van der Waals surface area contributed by atoms with Crippen LogP contribution in [-0.2, 0) is 11.3 Å². The van der Waals surface area contributed by atoms with Crippen LogP contribution in [0.2, 0.25) is 0 Å². The van der Waals surface area contributed by atoms with Gasteiger partial charge in [0.05, 0.1) is 12.8 Å². The van der Waals surface area contributed by atoms with E-state index in [1.807, 2.05) is 37.8 Å². The van der Waals surface area contributed by atoms with E-state index in [9.17, 15) is 4.79 Å². The molecule has 5 nitrogen and oxygen atoms in total. The average molecular weight is 278 g/mol. The van der Waals surface area contributed by atoms with Gasteiger partial charge in [-0.25, -0.2) is 4.79 Å². The van der Waals surface area contributed by atoms with Gasteiger partial charge in [-0.3, -0.25) is 0 Å². The van der Waals surface area contributed by atoms with E-state index < -0.39 is 5.60 Å². The van der Waals surface area contributed by atoms with Crippen molar-refractivity contribution in [2.75, 3.05) is 13.1 Å². The predicted octanol–water partition coefficient (Wildman–Crippen LogP) is 2.23. The van der Waals surface area contributed by atoms with Crippen molar-refractivity contribution in [3.8, 4) is 0 Å². The maximum absolute atomic E-state index is 11.9. The molecule has 1 saturated heterocycles. The van der Waals surface area contributed by atoms with Gasteiger partial charge < -0.3 is 19.4 Å². The number of carbonyl (C=O) groups excluding carboxylic acids is 1. The molecule has 3 rings (SSSR count). The van der Waals surface area contributed by atoms with Crippen LogP contribution in [-0.4, -0.2) is 35.7 Å². The quantitative estimate of drug-likeness (QED) is 0.921. The molecule has 0 bridgehead atoms. The number of rotatable bonds is 3. The predicted molar refractivity (Wildman–Crippen MR) is 74.1 cm³/mol. The second kappa shape index (κ2) is 4.81. The zero-order valence-corrected chi connectivity index (χ0v) is 12.3. The molecular formula is C15H22N2O3. The van der Waals surface area contributed by atoms with Crippen LogP contribution in [0.5, 0.6) is 0 Å². The van der Waals surface area contributed by atoms with Crippen LogP contribution >= 0.6 is 0 Å². The number of amides is 1. The van der Waals surface area contributed by atoms with Crippen molar-refractivity contribution >= 4 is 6.09 Å². The number of fused-ring (bicyclic) bond motifs is 1. The second-order valence-corrected chi connectivity index (χ2v) is 6.70. The van der Waals surface area contributed by atoms with Crippen molar-refractivity contribution in [2.24, 2.45) is 11.8 Å². The molecule has 0 aromatic carbocycles. The SMILES string of the molecule is CC(C)(C)OC(=O)N1CC2C(C1)C2NCc1ccco1. The Morgan fingerprint density at radius 1 is 1.45 bits per heavy atom. The third kappa shape index (κ3) is 2.82. The fourth-order valence-corrected chi connectivity index (χ4v) is 2.94. The van der Waals surface area contributed by atoms with Gasteiger partial charge in [0.15, 0.2) is 0 Å². The lowest BCUT2D eigenvalue weighted by Gasteiger charge is -2.26. The molecule has 2 aliphatic rings. The van der Waals surface area contributed by atoms with Crippen LogP contribution in [0, 0.1) is 11.8 Å². The van der Waals surface area contributed by atoms with Crippen LogP contribution in [0.25, 0.3) is 0 Å². The van der Waals surface area contributed by atoms with Gasteiger partial charge >= 0.3 is 6.09 Å². The minimum atomic E-state index is -0.416. The Bertz CT molecular complexity index is 466. The first-order valence-corrected chi connectivity index (χ1v) is 7.18. The molecule has 2 heterocycles. The highest BCUT2D eigenvalue weighted by Crippen LogP contribution is 2.45. The molecule has 1 saturated carbocycles. The molecule has 2 unspecified atom stereocenters. The van der Waals surface area contributed by atoms with Gasteiger partial charge in [-0.15, -0.1) is 0 Å². The van der Waals surface area contributed by atoms with Gasteiger partial charge in [-0.05, 0) is 44.7 Å². The number of hydrogen-bond donors (Lipinski definition) is 1. The molecule has 1 aliphatic heterocycles. The van der Waals surface area contributed by atoms with E-state index in [1.54, 1.807) is 6.26 Å². The van der Waals surface area contributed by atoms with Crippen molar-refractivity contribution in [2.45, 2.75) is 39.0 Å². The molecule has 110 valence electrons. The van der Waals surface area contributed by atoms with Gasteiger partial charge in [-0.1, -0.05) is 0 Å². The van der Waals surface area contributed by atoms with Crippen LogP contribution in [0.3, 0.4) is 0 Å². The minimum Gasteiger partial charge on any atom is -0.468 e. The molecule has 5 heteroatoms. The molecule has 1 aliphatic carbocycles. The maximum Gasteiger partial charge on any atom is 0.410 e. The Kier molecular flexibility index (Phi) is 3.24. The van der Waals surface area contributed by atoms with Crippen LogP contribution < -0.4 is 5.32 Å². The maximum atomic E-state index is 11.9.